The summed E-state index contributed by atoms with van der Waals surface area (Å²) in [7, 11) is -3.37. The van der Waals surface area contributed by atoms with Crippen LogP contribution in [-0.4, -0.2) is 13.5 Å². The summed E-state index contributed by atoms with van der Waals surface area (Å²) in [5, 5.41) is 0.287. The van der Waals surface area contributed by atoms with Gasteiger partial charge in [0.1, 0.15) is 5.04 Å². The minimum atomic E-state index is -3.37. The Hall–Kier alpha value is -0.350. The van der Waals surface area contributed by atoms with Crippen LogP contribution in [0.1, 0.15) is 25.7 Å². The number of rotatable bonds is 1. The molecule has 5 heteroatoms. The second-order valence-corrected chi connectivity index (χ2v) is 5.88. The molecule has 1 aliphatic heterocycles. The third kappa shape index (κ3) is 1.42. The first-order chi connectivity index (χ1) is 6.12. The summed E-state index contributed by atoms with van der Waals surface area (Å²) in [5.41, 5.74) is 0. The Morgan fingerprint density at radius 2 is 2.00 bits per heavy atom. The lowest BCUT2D eigenvalue weighted by atomic mass is 10.1. The van der Waals surface area contributed by atoms with E-state index in [9.17, 15) is 8.42 Å². The summed E-state index contributed by atoms with van der Waals surface area (Å²) in [6, 6.07) is 0. The van der Waals surface area contributed by atoms with E-state index in [1.807, 2.05) is 0 Å². The predicted molar refractivity (Wildman–Crippen MR) is 52.2 cm³/mol. The van der Waals surface area contributed by atoms with Crippen molar-refractivity contribution in [3.63, 3.8) is 0 Å². The van der Waals surface area contributed by atoms with E-state index in [2.05, 4.69) is 4.99 Å². The van der Waals surface area contributed by atoms with E-state index >= 15 is 0 Å². The Morgan fingerprint density at radius 3 is 2.46 bits per heavy atom. The molecule has 1 heterocycles. The molecule has 0 atom stereocenters. The highest BCUT2D eigenvalue weighted by Crippen LogP contribution is 2.33. The van der Waals surface area contributed by atoms with E-state index in [0.717, 1.165) is 25.7 Å². The van der Waals surface area contributed by atoms with Crippen molar-refractivity contribution in [1.29, 1.82) is 0 Å². The Balaban J connectivity index is 2.29. The number of aliphatic imine (C=N–C) groups is 1. The SMILES string of the molecule is O=S1(=O)C(Cl)=CN=C1C1CCCC1. The summed E-state index contributed by atoms with van der Waals surface area (Å²) in [5.74, 6) is 0.109. The van der Waals surface area contributed by atoms with Crippen LogP contribution >= 0.6 is 11.6 Å². The van der Waals surface area contributed by atoms with Gasteiger partial charge in [-0.15, -0.1) is 0 Å². The largest absolute Gasteiger partial charge is 0.246 e. The van der Waals surface area contributed by atoms with Gasteiger partial charge in [0.05, 0.1) is 6.20 Å². The van der Waals surface area contributed by atoms with Crippen molar-refractivity contribution < 1.29 is 8.42 Å². The highest BCUT2D eigenvalue weighted by Gasteiger charge is 2.35. The lowest BCUT2D eigenvalue weighted by Crippen LogP contribution is -2.19. The van der Waals surface area contributed by atoms with Crippen LogP contribution in [0.3, 0.4) is 0 Å². The molecule has 0 radical (unpaired) electrons. The maximum absolute atomic E-state index is 11.5. The number of nitrogens with zero attached hydrogens (tertiary/aromatic N) is 1. The minimum absolute atomic E-state index is 0.109. The number of hydrogen-bond acceptors (Lipinski definition) is 3. The zero-order chi connectivity index (χ0) is 9.47. The maximum atomic E-state index is 11.5. The van der Waals surface area contributed by atoms with Crippen LogP contribution in [0.2, 0.25) is 0 Å². The number of hydrogen-bond donors (Lipinski definition) is 0. The number of sulfone groups is 1. The highest BCUT2D eigenvalue weighted by atomic mass is 35.5. The van der Waals surface area contributed by atoms with Crippen LogP contribution in [-0.2, 0) is 9.84 Å². The van der Waals surface area contributed by atoms with Gasteiger partial charge in [0.25, 0.3) is 0 Å². The molecule has 1 saturated carbocycles. The quantitative estimate of drug-likeness (QED) is 0.678. The summed E-state index contributed by atoms with van der Waals surface area (Å²) in [6.45, 7) is 0. The summed E-state index contributed by atoms with van der Waals surface area (Å²) in [6.07, 6.45) is 5.28. The molecule has 0 unspecified atom stereocenters. The fraction of sp³-hybridized carbons (Fsp3) is 0.625. The third-order valence-corrected chi connectivity index (χ3v) is 4.85. The second kappa shape index (κ2) is 3.10. The molecular formula is C8H10ClNO2S. The average Bonchev–Trinajstić information content (AvgIpc) is 2.62. The van der Waals surface area contributed by atoms with Crippen molar-refractivity contribution in [1.82, 2.24) is 0 Å². The first kappa shape index (κ1) is 9.21. The van der Waals surface area contributed by atoms with Crippen LogP contribution in [0.25, 0.3) is 0 Å². The second-order valence-electron chi connectivity index (χ2n) is 3.39. The van der Waals surface area contributed by atoms with Gasteiger partial charge in [0.2, 0.25) is 9.84 Å². The molecule has 72 valence electrons. The Morgan fingerprint density at radius 1 is 1.38 bits per heavy atom. The minimum Gasteiger partial charge on any atom is -0.246 e. The fourth-order valence-corrected chi connectivity index (χ4v) is 3.39. The Labute approximate surface area is 82.4 Å². The summed E-state index contributed by atoms with van der Waals surface area (Å²) < 4.78 is 23.0. The highest BCUT2D eigenvalue weighted by molar-refractivity contribution is 8.11. The van der Waals surface area contributed by atoms with Gasteiger partial charge in [-0.1, -0.05) is 24.4 Å². The van der Waals surface area contributed by atoms with Crippen LogP contribution < -0.4 is 0 Å². The maximum Gasteiger partial charge on any atom is 0.232 e. The summed E-state index contributed by atoms with van der Waals surface area (Å²) in [4.78, 5) is 3.89. The smallest absolute Gasteiger partial charge is 0.232 e. The standard InChI is InChI=1S/C8H10ClNO2S/c9-7-5-10-8(13(7,11)12)6-3-1-2-4-6/h5-6H,1-4H2. The van der Waals surface area contributed by atoms with Crippen molar-refractivity contribution in [3.8, 4) is 0 Å². The molecule has 1 aliphatic carbocycles. The molecular weight excluding hydrogens is 210 g/mol. The lowest BCUT2D eigenvalue weighted by Gasteiger charge is -2.07. The molecule has 13 heavy (non-hydrogen) atoms. The van der Waals surface area contributed by atoms with E-state index in [1.165, 1.54) is 6.20 Å². The Bertz CT molecular complexity index is 377. The van der Waals surface area contributed by atoms with E-state index < -0.39 is 9.84 Å². The van der Waals surface area contributed by atoms with Crippen molar-refractivity contribution in [2.24, 2.45) is 10.9 Å². The molecule has 1 fully saturated rings. The fourth-order valence-electron chi connectivity index (χ4n) is 1.85. The van der Waals surface area contributed by atoms with Gasteiger partial charge >= 0.3 is 0 Å². The lowest BCUT2D eigenvalue weighted by molar-refractivity contribution is 0.610. The first-order valence-corrected chi connectivity index (χ1v) is 6.17. The molecule has 0 saturated heterocycles. The molecule has 0 N–H and O–H groups in total. The molecule has 3 nitrogen and oxygen atoms in total. The van der Waals surface area contributed by atoms with Gasteiger partial charge in [-0.3, -0.25) is 0 Å². The molecule has 0 amide bonds. The van der Waals surface area contributed by atoms with Gasteiger partial charge in [0.15, 0.2) is 4.36 Å². The van der Waals surface area contributed by atoms with E-state index in [-0.39, 0.29) is 15.3 Å². The normalized spacial score (nSPS) is 27.5. The molecule has 0 aromatic heterocycles. The van der Waals surface area contributed by atoms with Crippen molar-refractivity contribution in [2.45, 2.75) is 25.7 Å². The van der Waals surface area contributed by atoms with Crippen LogP contribution in [0.5, 0.6) is 0 Å². The average molecular weight is 220 g/mol. The molecule has 2 aliphatic rings. The zero-order valence-electron chi connectivity index (χ0n) is 7.03. The van der Waals surface area contributed by atoms with Crippen LogP contribution in [0.4, 0.5) is 0 Å². The topological polar surface area (TPSA) is 46.5 Å². The molecule has 2 rings (SSSR count). The van der Waals surface area contributed by atoms with E-state index in [0.29, 0.717) is 0 Å². The van der Waals surface area contributed by atoms with Gasteiger partial charge in [-0.05, 0) is 12.8 Å². The van der Waals surface area contributed by atoms with Gasteiger partial charge in [-0.2, -0.15) is 0 Å². The predicted octanol–water partition coefficient (Wildman–Crippen LogP) is 2.04. The first-order valence-electron chi connectivity index (χ1n) is 4.31. The van der Waals surface area contributed by atoms with Crippen LogP contribution in [0, 0.1) is 5.92 Å². The molecule has 0 aromatic rings. The van der Waals surface area contributed by atoms with Crippen LogP contribution in [0.15, 0.2) is 15.6 Å². The van der Waals surface area contributed by atoms with Crippen molar-refractivity contribution in [2.75, 3.05) is 0 Å². The van der Waals surface area contributed by atoms with E-state index in [1.54, 1.807) is 0 Å². The molecule has 0 aromatic carbocycles. The summed E-state index contributed by atoms with van der Waals surface area (Å²) >= 11 is 5.54. The zero-order valence-corrected chi connectivity index (χ0v) is 8.61. The van der Waals surface area contributed by atoms with Crippen molar-refractivity contribution >= 4 is 26.5 Å². The van der Waals surface area contributed by atoms with E-state index in [4.69, 9.17) is 11.6 Å². The third-order valence-electron chi connectivity index (χ3n) is 2.53. The monoisotopic (exact) mass is 219 g/mol. The molecule has 0 spiro atoms. The molecule has 0 bridgehead atoms. The van der Waals surface area contributed by atoms with Gasteiger partial charge < -0.3 is 0 Å². The van der Waals surface area contributed by atoms with Gasteiger partial charge in [0, 0.05) is 5.92 Å². The number of halogens is 1. The van der Waals surface area contributed by atoms with Crippen molar-refractivity contribution in [3.05, 3.63) is 10.6 Å². The van der Waals surface area contributed by atoms with Gasteiger partial charge in [-0.25, -0.2) is 13.4 Å². The Kier molecular flexibility index (Phi) is 2.20.